The zero-order valence-corrected chi connectivity index (χ0v) is 14.6. The van der Waals surface area contributed by atoms with E-state index in [2.05, 4.69) is 25.4 Å². The van der Waals surface area contributed by atoms with Crippen LogP contribution in [0.3, 0.4) is 0 Å². The molecule has 0 spiro atoms. The molecule has 4 rings (SSSR count). The van der Waals surface area contributed by atoms with Crippen molar-refractivity contribution in [3.8, 4) is 5.69 Å². The summed E-state index contributed by atoms with van der Waals surface area (Å²) < 4.78 is 1.58. The van der Waals surface area contributed by atoms with Gasteiger partial charge in [-0.05, 0) is 50.3 Å². The number of carbonyl (C=O) groups is 1. The van der Waals surface area contributed by atoms with E-state index < -0.39 is 0 Å². The fourth-order valence-corrected chi connectivity index (χ4v) is 3.38. The molecule has 0 bridgehead atoms. The number of aromatic nitrogens is 5. The third-order valence-corrected chi connectivity index (χ3v) is 4.66. The minimum atomic E-state index is -0.185. The van der Waals surface area contributed by atoms with Crippen molar-refractivity contribution in [2.75, 3.05) is 0 Å². The topological polar surface area (TPSA) is 85.6 Å². The molecule has 2 aromatic heterocycles. The van der Waals surface area contributed by atoms with Crippen LogP contribution >= 0.6 is 0 Å². The predicted octanol–water partition coefficient (Wildman–Crippen LogP) is 2.17. The summed E-state index contributed by atoms with van der Waals surface area (Å²) in [5, 5.41) is 7.03. The number of nitrogens with one attached hydrogen (secondary N) is 1. The lowest BCUT2D eigenvalue weighted by atomic mass is 9.95. The molecule has 132 valence electrons. The molecule has 0 saturated carbocycles. The Morgan fingerprint density at radius 1 is 1.19 bits per heavy atom. The standard InChI is InChI=1S/C19H20N6O/c1-13-14-6-2-4-8-16(14)24-18(23-13)10-21-19(26)15-7-3-5-9-17(15)25-12-20-11-22-25/h3,5,7,9,11-12H,2,4,6,8,10H2,1H3,(H,21,26). The fourth-order valence-electron chi connectivity index (χ4n) is 3.38. The van der Waals surface area contributed by atoms with E-state index in [1.165, 1.54) is 24.7 Å². The molecule has 2 heterocycles. The lowest BCUT2D eigenvalue weighted by molar-refractivity contribution is 0.0949. The molecule has 3 aromatic rings. The van der Waals surface area contributed by atoms with E-state index in [4.69, 9.17) is 0 Å². The first kappa shape index (κ1) is 16.4. The van der Waals surface area contributed by atoms with E-state index in [0.717, 1.165) is 24.2 Å². The largest absolute Gasteiger partial charge is 0.345 e. The molecule has 0 aliphatic heterocycles. The van der Waals surface area contributed by atoms with Crippen molar-refractivity contribution in [1.29, 1.82) is 0 Å². The summed E-state index contributed by atoms with van der Waals surface area (Å²) >= 11 is 0. The first-order valence-corrected chi connectivity index (χ1v) is 8.80. The monoisotopic (exact) mass is 348 g/mol. The van der Waals surface area contributed by atoms with E-state index in [1.54, 1.807) is 17.1 Å². The van der Waals surface area contributed by atoms with E-state index >= 15 is 0 Å². The number of hydrogen-bond acceptors (Lipinski definition) is 5. The number of hydrogen-bond donors (Lipinski definition) is 1. The zero-order chi connectivity index (χ0) is 17.9. The van der Waals surface area contributed by atoms with Gasteiger partial charge in [0.1, 0.15) is 18.5 Å². The Labute approximate surface area is 151 Å². The van der Waals surface area contributed by atoms with Crippen LogP contribution in [-0.2, 0) is 19.4 Å². The second kappa shape index (κ2) is 7.03. The van der Waals surface area contributed by atoms with Gasteiger partial charge in [0.05, 0.1) is 17.8 Å². The van der Waals surface area contributed by atoms with Gasteiger partial charge in [-0.15, -0.1) is 0 Å². The molecule has 7 heteroatoms. The number of aryl methyl sites for hydroxylation is 2. The summed E-state index contributed by atoms with van der Waals surface area (Å²) in [6, 6.07) is 7.30. The smallest absolute Gasteiger partial charge is 0.253 e. The number of benzene rings is 1. The number of para-hydroxylation sites is 1. The lowest BCUT2D eigenvalue weighted by Gasteiger charge is -2.17. The van der Waals surface area contributed by atoms with Crippen molar-refractivity contribution in [2.45, 2.75) is 39.2 Å². The molecule has 0 unspecified atom stereocenters. The van der Waals surface area contributed by atoms with Crippen molar-refractivity contribution < 1.29 is 4.79 Å². The minimum absolute atomic E-state index is 0.185. The minimum Gasteiger partial charge on any atom is -0.345 e. The highest BCUT2D eigenvalue weighted by atomic mass is 16.1. The molecule has 1 aromatic carbocycles. The van der Waals surface area contributed by atoms with Gasteiger partial charge in [-0.25, -0.2) is 19.6 Å². The first-order valence-electron chi connectivity index (χ1n) is 8.80. The summed E-state index contributed by atoms with van der Waals surface area (Å²) in [5.74, 6) is 0.477. The van der Waals surface area contributed by atoms with Crippen LogP contribution in [0.5, 0.6) is 0 Å². The maximum atomic E-state index is 12.7. The SMILES string of the molecule is Cc1nc(CNC(=O)c2ccccc2-n2cncn2)nc2c1CCCC2. The van der Waals surface area contributed by atoms with Crippen LogP contribution in [0.2, 0.25) is 0 Å². The van der Waals surface area contributed by atoms with Crippen LogP contribution in [0, 0.1) is 6.92 Å². The Hall–Kier alpha value is -3.09. The van der Waals surface area contributed by atoms with Gasteiger partial charge >= 0.3 is 0 Å². The molecule has 0 atom stereocenters. The van der Waals surface area contributed by atoms with Crippen molar-refractivity contribution >= 4 is 5.91 Å². The third-order valence-electron chi connectivity index (χ3n) is 4.66. The van der Waals surface area contributed by atoms with E-state index in [-0.39, 0.29) is 5.91 Å². The van der Waals surface area contributed by atoms with E-state index in [1.807, 2.05) is 25.1 Å². The Kier molecular flexibility index (Phi) is 4.43. The van der Waals surface area contributed by atoms with E-state index in [0.29, 0.717) is 23.6 Å². The lowest BCUT2D eigenvalue weighted by Crippen LogP contribution is -2.26. The summed E-state index contributed by atoms with van der Waals surface area (Å²) in [6.45, 7) is 2.33. The van der Waals surface area contributed by atoms with Crippen LogP contribution in [0.4, 0.5) is 0 Å². The van der Waals surface area contributed by atoms with Gasteiger partial charge in [-0.3, -0.25) is 4.79 Å². The van der Waals surface area contributed by atoms with Crippen molar-refractivity contribution in [3.63, 3.8) is 0 Å². The van der Waals surface area contributed by atoms with Gasteiger partial charge < -0.3 is 5.32 Å². The number of amides is 1. The number of carbonyl (C=O) groups excluding carboxylic acids is 1. The van der Waals surface area contributed by atoms with Crippen molar-refractivity contribution in [1.82, 2.24) is 30.0 Å². The molecule has 0 saturated heterocycles. The van der Waals surface area contributed by atoms with Gasteiger partial charge in [-0.2, -0.15) is 5.10 Å². The van der Waals surface area contributed by atoms with E-state index in [9.17, 15) is 4.79 Å². The molecule has 1 N–H and O–H groups in total. The highest BCUT2D eigenvalue weighted by Crippen LogP contribution is 2.21. The average molecular weight is 348 g/mol. The maximum Gasteiger partial charge on any atom is 0.253 e. The second-order valence-corrected chi connectivity index (χ2v) is 6.40. The molecule has 1 amide bonds. The molecule has 7 nitrogen and oxygen atoms in total. The first-order chi connectivity index (χ1) is 12.7. The van der Waals surface area contributed by atoms with Crippen LogP contribution in [0.1, 0.15) is 46.0 Å². The number of rotatable bonds is 4. The summed E-state index contributed by atoms with van der Waals surface area (Å²) in [7, 11) is 0. The number of nitrogens with zero attached hydrogens (tertiary/aromatic N) is 5. The quantitative estimate of drug-likeness (QED) is 0.781. The molecule has 1 aliphatic rings. The predicted molar refractivity (Wildman–Crippen MR) is 95.9 cm³/mol. The molecule has 0 radical (unpaired) electrons. The van der Waals surface area contributed by atoms with Gasteiger partial charge in [0, 0.05) is 11.4 Å². The van der Waals surface area contributed by atoms with Gasteiger partial charge in [0.25, 0.3) is 5.91 Å². The van der Waals surface area contributed by atoms with Gasteiger partial charge in [-0.1, -0.05) is 12.1 Å². The van der Waals surface area contributed by atoms with Crippen LogP contribution in [0.25, 0.3) is 5.69 Å². The zero-order valence-electron chi connectivity index (χ0n) is 14.6. The van der Waals surface area contributed by atoms with Crippen molar-refractivity contribution in [3.05, 3.63) is 65.3 Å². The number of fused-ring (bicyclic) bond motifs is 1. The van der Waals surface area contributed by atoms with Crippen LogP contribution < -0.4 is 5.32 Å². The summed E-state index contributed by atoms with van der Waals surface area (Å²) in [4.78, 5) is 25.9. The molecule has 1 aliphatic carbocycles. The Morgan fingerprint density at radius 2 is 2.04 bits per heavy atom. The highest BCUT2D eigenvalue weighted by molar-refractivity contribution is 5.97. The molecular formula is C19H20N6O. The Bertz CT molecular complexity index is 935. The maximum absolute atomic E-state index is 12.7. The summed E-state index contributed by atoms with van der Waals surface area (Å²) in [5.41, 5.74) is 4.67. The molecule has 26 heavy (non-hydrogen) atoms. The summed E-state index contributed by atoms with van der Waals surface area (Å²) in [6.07, 6.45) is 7.43. The highest BCUT2D eigenvalue weighted by Gasteiger charge is 2.17. The second-order valence-electron chi connectivity index (χ2n) is 6.40. The molecular weight excluding hydrogens is 328 g/mol. The van der Waals surface area contributed by atoms with Crippen LogP contribution in [-0.4, -0.2) is 30.6 Å². The Balaban J connectivity index is 1.53. The van der Waals surface area contributed by atoms with Crippen LogP contribution in [0.15, 0.2) is 36.9 Å². The van der Waals surface area contributed by atoms with Gasteiger partial charge in [0.2, 0.25) is 0 Å². The van der Waals surface area contributed by atoms with Crippen molar-refractivity contribution in [2.24, 2.45) is 0 Å². The Morgan fingerprint density at radius 3 is 2.88 bits per heavy atom. The fraction of sp³-hybridized carbons (Fsp3) is 0.316. The third kappa shape index (κ3) is 3.20. The van der Waals surface area contributed by atoms with Gasteiger partial charge in [0.15, 0.2) is 0 Å². The average Bonchev–Trinajstić information content (AvgIpc) is 3.21. The molecule has 0 fully saturated rings. The normalized spacial score (nSPS) is 13.3.